The van der Waals surface area contributed by atoms with Gasteiger partial charge in [0.05, 0.1) is 11.9 Å². The third-order valence-corrected chi connectivity index (χ3v) is 6.20. The monoisotopic (exact) mass is 477 g/mol. The third-order valence-electron chi connectivity index (χ3n) is 5.06. The highest BCUT2D eigenvalue weighted by molar-refractivity contribution is 7.92. The van der Waals surface area contributed by atoms with Crippen LogP contribution in [0.15, 0.2) is 54.6 Å². The van der Waals surface area contributed by atoms with Crippen LogP contribution in [0, 0.1) is 11.7 Å². The van der Waals surface area contributed by atoms with Crippen molar-refractivity contribution in [3.8, 4) is 0 Å². The molecule has 2 aromatic rings. The molecule has 0 bridgehead atoms. The van der Waals surface area contributed by atoms with Crippen molar-refractivity contribution in [3.63, 3.8) is 0 Å². The van der Waals surface area contributed by atoms with E-state index < -0.39 is 34.3 Å². The van der Waals surface area contributed by atoms with Crippen molar-refractivity contribution in [2.75, 3.05) is 23.7 Å². The van der Waals surface area contributed by atoms with E-state index >= 15 is 0 Å². The third kappa shape index (κ3) is 7.85. The predicted octanol–water partition coefficient (Wildman–Crippen LogP) is 3.17. The lowest BCUT2D eigenvalue weighted by Crippen LogP contribution is -2.52. The molecule has 2 amide bonds. The minimum atomic E-state index is -3.76. The zero-order chi connectivity index (χ0) is 24.6. The summed E-state index contributed by atoms with van der Waals surface area (Å²) in [6.07, 6.45) is 1.37. The molecule has 9 heteroatoms. The molecule has 0 heterocycles. The van der Waals surface area contributed by atoms with Crippen LogP contribution >= 0.6 is 0 Å². The highest BCUT2D eigenvalue weighted by Gasteiger charge is 2.31. The summed E-state index contributed by atoms with van der Waals surface area (Å²) in [6.45, 7) is 5.75. The highest BCUT2D eigenvalue weighted by Crippen LogP contribution is 2.19. The Morgan fingerprint density at radius 1 is 1.03 bits per heavy atom. The van der Waals surface area contributed by atoms with Crippen molar-refractivity contribution >= 4 is 27.5 Å². The Hall–Kier alpha value is -2.94. The fourth-order valence-corrected chi connectivity index (χ4v) is 4.19. The number of carbonyl (C=O) groups excluding carboxylic acids is 2. The first-order chi connectivity index (χ1) is 15.5. The van der Waals surface area contributed by atoms with E-state index in [0.717, 1.165) is 10.6 Å². The maximum absolute atomic E-state index is 13.5. The largest absolute Gasteiger partial charge is 0.354 e. The van der Waals surface area contributed by atoms with Crippen molar-refractivity contribution in [1.82, 2.24) is 10.2 Å². The van der Waals surface area contributed by atoms with Gasteiger partial charge >= 0.3 is 0 Å². The molecule has 1 unspecified atom stereocenters. The molecule has 2 aromatic carbocycles. The van der Waals surface area contributed by atoms with Gasteiger partial charge < -0.3 is 10.2 Å². The number of nitrogens with zero attached hydrogens (tertiary/aromatic N) is 2. The topological polar surface area (TPSA) is 86.8 Å². The van der Waals surface area contributed by atoms with Gasteiger partial charge in [0.15, 0.2) is 0 Å². The molecular formula is C24H32FN3O4S. The van der Waals surface area contributed by atoms with Crippen LogP contribution in [0.25, 0.3) is 0 Å². The zero-order valence-corrected chi connectivity index (χ0v) is 20.3. The van der Waals surface area contributed by atoms with Crippen molar-refractivity contribution in [2.45, 2.75) is 39.8 Å². The molecule has 1 N–H and O–H groups in total. The molecular weight excluding hydrogens is 445 g/mol. The van der Waals surface area contributed by atoms with Gasteiger partial charge in [0.25, 0.3) is 0 Å². The van der Waals surface area contributed by atoms with Crippen molar-refractivity contribution in [3.05, 3.63) is 66.0 Å². The molecule has 0 saturated heterocycles. The SMILES string of the molecule is CCC(C(=O)NCC(C)C)N(Cc1ccc(F)cc1)C(=O)CN(c1ccccc1)S(C)(=O)=O. The molecule has 2 rings (SSSR count). The van der Waals surface area contributed by atoms with Crippen molar-refractivity contribution in [2.24, 2.45) is 5.92 Å². The van der Waals surface area contributed by atoms with E-state index in [1.807, 2.05) is 13.8 Å². The number of hydrogen-bond acceptors (Lipinski definition) is 4. The van der Waals surface area contributed by atoms with Crippen LogP contribution in [0.4, 0.5) is 10.1 Å². The number of para-hydroxylation sites is 1. The van der Waals surface area contributed by atoms with Gasteiger partial charge in [-0.15, -0.1) is 0 Å². The number of halogens is 1. The van der Waals surface area contributed by atoms with Gasteiger partial charge in [-0.25, -0.2) is 12.8 Å². The number of anilines is 1. The minimum Gasteiger partial charge on any atom is -0.354 e. The van der Waals surface area contributed by atoms with Gasteiger partial charge in [0.2, 0.25) is 21.8 Å². The normalized spacial score (nSPS) is 12.3. The van der Waals surface area contributed by atoms with Crippen molar-refractivity contribution in [1.29, 1.82) is 0 Å². The number of nitrogens with one attached hydrogen (secondary N) is 1. The predicted molar refractivity (Wildman–Crippen MR) is 128 cm³/mol. The van der Waals surface area contributed by atoms with Gasteiger partial charge in [0, 0.05) is 13.1 Å². The second-order valence-corrected chi connectivity index (χ2v) is 10.2. The van der Waals surface area contributed by atoms with Crippen LogP contribution in [-0.2, 0) is 26.2 Å². The maximum atomic E-state index is 13.5. The molecule has 0 spiro atoms. The Balaban J connectivity index is 2.38. The van der Waals surface area contributed by atoms with E-state index in [-0.39, 0.29) is 18.4 Å². The van der Waals surface area contributed by atoms with E-state index in [0.29, 0.717) is 24.2 Å². The summed E-state index contributed by atoms with van der Waals surface area (Å²) in [6, 6.07) is 13.2. The first-order valence-electron chi connectivity index (χ1n) is 10.9. The fraction of sp³-hybridized carbons (Fsp3) is 0.417. The zero-order valence-electron chi connectivity index (χ0n) is 19.5. The van der Waals surface area contributed by atoms with Crippen LogP contribution in [0.1, 0.15) is 32.8 Å². The van der Waals surface area contributed by atoms with Crippen LogP contribution in [0.3, 0.4) is 0 Å². The van der Waals surface area contributed by atoms with Crippen LogP contribution in [0.5, 0.6) is 0 Å². The van der Waals surface area contributed by atoms with E-state index in [1.165, 1.54) is 17.0 Å². The first-order valence-corrected chi connectivity index (χ1v) is 12.7. The Kier molecular flexibility index (Phi) is 9.40. The quantitative estimate of drug-likeness (QED) is 0.539. The molecule has 0 fully saturated rings. The molecule has 0 aliphatic heterocycles. The smallest absolute Gasteiger partial charge is 0.244 e. The molecule has 0 aliphatic carbocycles. The molecule has 33 heavy (non-hydrogen) atoms. The maximum Gasteiger partial charge on any atom is 0.244 e. The molecule has 180 valence electrons. The summed E-state index contributed by atoms with van der Waals surface area (Å²) < 4.78 is 39.3. The Labute approximate surface area is 195 Å². The minimum absolute atomic E-state index is 0.0408. The van der Waals surface area contributed by atoms with Crippen LogP contribution in [0.2, 0.25) is 0 Å². The highest BCUT2D eigenvalue weighted by atomic mass is 32.2. The summed E-state index contributed by atoms with van der Waals surface area (Å²) in [5.41, 5.74) is 0.984. The Morgan fingerprint density at radius 3 is 2.15 bits per heavy atom. The van der Waals surface area contributed by atoms with Crippen LogP contribution < -0.4 is 9.62 Å². The molecule has 0 aromatic heterocycles. The molecule has 0 aliphatic rings. The second kappa shape index (κ2) is 11.8. The lowest BCUT2D eigenvalue weighted by Gasteiger charge is -2.33. The van der Waals surface area contributed by atoms with E-state index in [9.17, 15) is 22.4 Å². The number of rotatable bonds is 11. The number of carbonyl (C=O) groups is 2. The summed E-state index contributed by atoms with van der Waals surface area (Å²) in [4.78, 5) is 27.7. The van der Waals surface area contributed by atoms with Gasteiger partial charge in [-0.2, -0.15) is 0 Å². The number of amides is 2. The summed E-state index contributed by atoms with van der Waals surface area (Å²) in [5, 5.41) is 2.85. The average Bonchev–Trinajstić information content (AvgIpc) is 2.76. The number of sulfonamides is 1. The summed E-state index contributed by atoms with van der Waals surface area (Å²) in [5.74, 6) is -1.02. The van der Waals surface area contributed by atoms with Crippen LogP contribution in [-0.4, -0.2) is 50.5 Å². The molecule has 0 saturated carbocycles. The fourth-order valence-electron chi connectivity index (χ4n) is 3.34. The standard InChI is InChI=1S/C24H32FN3O4S/c1-5-22(24(30)26-15-18(2)3)27(16-19-11-13-20(25)14-12-19)23(29)17-28(33(4,31)32)21-9-7-6-8-10-21/h6-14,18,22H,5,15-17H2,1-4H3,(H,26,30). The Morgan fingerprint density at radius 2 is 1.64 bits per heavy atom. The van der Waals surface area contributed by atoms with E-state index in [1.54, 1.807) is 49.4 Å². The van der Waals surface area contributed by atoms with Crippen molar-refractivity contribution < 1.29 is 22.4 Å². The van der Waals surface area contributed by atoms with Gasteiger partial charge in [0.1, 0.15) is 18.4 Å². The number of benzene rings is 2. The second-order valence-electron chi connectivity index (χ2n) is 8.32. The first kappa shape index (κ1) is 26.3. The van der Waals surface area contributed by atoms with E-state index in [4.69, 9.17) is 0 Å². The van der Waals surface area contributed by atoms with Gasteiger partial charge in [-0.1, -0.05) is 51.1 Å². The molecule has 1 atom stereocenters. The van der Waals surface area contributed by atoms with E-state index in [2.05, 4.69) is 5.32 Å². The average molecular weight is 478 g/mol. The summed E-state index contributed by atoms with van der Waals surface area (Å²) in [7, 11) is -3.76. The molecule has 7 nitrogen and oxygen atoms in total. The molecule has 0 radical (unpaired) electrons. The number of hydrogen-bond donors (Lipinski definition) is 1. The van der Waals surface area contributed by atoms with Gasteiger partial charge in [-0.05, 0) is 42.2 Å². The van der Waals surface area contributed by atoms with Gasteiger partial charge in [-0.3, -0.25) is 13.9 Å². The lowest BCUT2D eigenvalue weighted by molar-refractivity contribution is -0.140. The lowest BCUT2D eigenvalue weighted by atomic mass is 10.1. The Bertz CT molecular complexity index is 1030. The summed E-state index contributed by atoms with van der Waals surface area (Å²) >= 11 is 0.